The van der Waals surface area contributed by atoms with E-state index in [9.17, 15) is 0 Å². The van der Waals surface area contributed by atoms with E-state index in [-0.39, 0.29) is 0 Å². The molecular formula is C46H34N6. The SMILES string of the molecule is Cc1cc(C(C)C)nc2c1ccc1ccc(-c3ccc(-c4nc(-c5ccccc5)nc(-c5cccc(-c6cccc7cccnc67)c5)n4)cc3)nc12. The number of fused-ring (bicyclic) bond motifs is 4. The number of rotatable bonds is 6. The summed E-state index contributed by atoms with van der Waals surface area (Å²) >= 11 is 0. The molecule has 0 fully saturated rings. The molecule has 0 radical (unpaired) electrons. The maximum absolute atomic E-state index is 5.17. The summed E-state index contributed by atoms with van der Waals surface area (Å²) in [5.41, 5.74) is 11.9. The molecule has 0 saturated carbocycles. The molecular weight excluding hydrogens is 637 g/mol. The fourth-order valence-electron chi connectivity index (χ4n) is 6.83. The van der Waals surface area contributed by atoms with Gasteiger partial charge in [0.25, 0.3) is 0 Å². The van der Waals surface area contributed by atoms with Crippen LogP contribution in [-0.4, -0.2) is 29.9 Å². The fraction of sp³-hybridized carbons (Fsp3) is 0.0870. The first-order valence-electron chi connectivity index (χ1n) is 17.6. The van der Waals surface area contributed by atoms with E-state index in [4.69, 9.17) is 24.9 Å². The topological polar surface area (TPSA) is 77.3 Å². The van der Waals surface area contributed by atoms with Crippen LogP contribution in [0, 0.1) is 6.92 Å². The van der Waals surface area contributed by atoms with E-state index in [1.54, 1.807) is 0 Å². The van der Waals surface area contributed by atoms with E-state index in [0.29, 0.717) is 23.4 Å². The average molecular weight is 671 g/mol. The normalized spacial score (nSPS) is 11.5. The van der Waals surface area contributed by atoms with Gasteiger partial charge in [0.05, 0.1) is 22.2 Å². The van der Waals surface area contributed by atoms with Crippen LogP contribution < -0.4 is 0 Å². The van der Waals surface area contributed by atoms with Crippen LogP contribution >= 0.6 is 0 Å². The number of aryl methyl sites for hydroxylation is 1. The highest BCUT2D eigenvalue weighted by Gasteiger charge is 2.15. The highest BCUT2D eigenvalue weighted by atomic mass is 15.0. The van der Waals surface area contributed by atoms with Crippen LogP contribution in [0.5, 0.6) is 0 Å². The quantitative estimate of drug-likeness (QED) is 0.164. The van der Waals surface area contributed by atoms with E-state index >= 15 is 0 Å². The Morgan fingerprint density at radius 2 is 1.08 bits per heavy atom. The van der Waals surface area contributed by atoms with E-state index in [0.717, 1.165) is 77.5 Å². The van der Waals surface area contributed by atoms with Crippen molar-refractivity contribution in [3.8, 4) is 56.5 Å². The zero-order valence-electron chi connectivity index (χ0n) is 29.1. The van der Waals surface area contributed by atoms with Gasteiger partial charge in [-0.05, 0) is 48.2 Å². The third kappa shape index (κ3) is 5.74. The van der Waals surface area contributed by atoms with Crippen molar-refractivity contribution in [1.82, 2.24) is 29.9 Å². The third-order valence-corrected chi connectivity index (χ3v) is 9.63. The van der Waals surface area contributed by atoms with Gasteiger partial charge >= 0.3 is 0 Å². The first kappa shape index (κ1) is 31.3. The van der Waals surface area contributed by atoms with E-state index in [1.165, 1.54) is 5.56 Å². The van der Waals surface area contributed by atoms with Crippen molar-refractivity contribution in [2.75, 3.05) is 0 Å². The number of hydrogen-bond donors (Lipinski definition) is 0. The van der Waals surface area contributed by atoms with Crippen molar-refractivity contribution in [1.29, 1.82) is 0 Å². The molecule has 52 heavy (non-hydrogen) atoms. The number of nitrogens with zero attached hydrogens (tertiary/aromatic N) is 6. The molecule has 4 aromatic heterocycles. The van der Waals surface area contributed by atoms with Gasteiger partial charge in [-0.15, -0.1) is 0 Å². The Hall–Kier alpha value is -6.66. The summed E-state index contributed by atoms with van der Waals surface area (Å²) in [7, 11) is 0. The van der Waals surface area contributed by atoms with Gasteiger partial charge in [0.2, 0.25) is 0 Å². The van der Waals surface area contributed by atoms with E-state index in [1.807, 2.05) is 48.7 Å². The van der Waals surface area contributed by atoms with Crippen LogP contribution in [0.1, 0.15) is 31.0 Å². The summed E-state index contributed by atoms with van der Waals surface area (Å²) in [4.78, 5) is 29.9. The standard InChI is InChI=1S/C46H34N6/c1-28(2)40-26-29(3)37-23-21-32-22-24-39(48-42(32)43(37)49-40)30-17-19-34(20-18-30)45-50-44(33-10-5-4-6-11-33)51-46(52-45)36-14-7-13-35(27-36)38-16-8-12-31-15-9-25-47-41(31)38/h4-28H,1-3H3. The molecule has 5 aromatic carbocycles. The second-order valence-corrected chi connectivity index (χ2v) is 13.5. The van der Waals surface area contributed by atoms with Crippen LogP contribution in [-0.2, 0) is 0 Å². The number of para-hydroxylation sites is 1. The second-order valence-electron chi connectivity index (χ2n) is 13.5. The predicted octanol–water partition coefficient (Wildman–Crippen LogP) is 11.3. The fourth-order valence-corrected chi connectivity index (χ4v) is 6.83. The minimum Gasteiger partial charge on any atom is -0.256 e. The highest BCUT2D eigenvalue weighted by molar-refractivity contribution is 6.04. The first-order valence-corrected chi connectivity index (χ1v) is 17.6. The number of aromatic nitrogens is 6. The van der Waals surface area contributed by atoms with Gasteiger partial charge in [-0.25, -0.2) is 19.9 Å². The lowest BCUT2D eigenvalue weighted by Crippen LogP contribution is -2.00. The highest BCUT2D eigenvalue weighted by Crippen LogP contribution is 2.33. The smallest absolute Gasteiger partial charge is 0.164 e. The zero-order valence-corrected chi connectivity index (χ0v) is 29.1. The summed E-state index contributed by atoms with van der Waals surface area (Å²) in [6, 6.07) is 47.7. The number of benzene rings is 5. The summed E-state index contributed by atoms with van der Waals surface area (Å²) < 4.78 is 0. The van der Waals surface area contributed by atoms with Gasteiger partial charge < -0.3 is 0 Å². The van der Waals surface area contributed by atoms with Gasteiger partial charge in [0, 0.05) is 55.9 Å². The lowest BCUT2D eigenvalue weighted by molar-refractivity contribution is 0.828. The van der Waals surface area contributed by atoms with Gasteiger partial charge in [-0.3, -0.25) is 9.97 Å². The Morgan fingerprint density at radius 1 is 0.442 bits per heavy atom. The summed E-state index contributed by atoms with van der Waals surface area (Å²) in [5, 5.41) is 3.31. The molecule has 0 spiro atoms. The maximum Gasteiger partial charge on any atom is 0.164 e. The Kier molecular flexibility index (Phi) is 7.77. The largest absolute Gasteiger partial charge is 0.256 e. The molecule has 9 rings (SSSR count). The lowest BCUT2D eigenvalue weighted by Gasteiger charge is -2.12. The summed E-state index contributed by atoms with van der Waals surface area (Å²) in [6.07, 6.45) is 1.84. The monoisotopic (exact) mass is 670 g/mol. The third-order valence-electron chi connectivity index (χ3n) is 9.63. The minimum absolute atomic E-state index is 0.331. The van der Waals surface area contributed by atoms with Gasteiger partial charge in [-0.2, -0.15) is 0 Å². The Morgan fingerprint density at radius 3 is 1.87 bits per heavy atom. The van der Waals surface area contributed by atoms with Crippen molar-refractivity contribution < 1.29 is 0 Å². The van der Waals surface area contributed by atoms with Crippen molar-refractivity contribution >= 4 is 32.7 Å². The van der Waals surface area contributed by atoms with Crippen LogP contribution in [0.2, 0.25) is 0 Å². The Labute approximate surface area is 302 Å². The molecule has 0 bridgehead atoms. The molecule has 0 aliphatic carbocycles. The first-order chi connectivity index (χ1) is 25.5. The lowest BCUT2D eigenvalue weighted by atomic mass is 10.00. The summed E-state index contributed by atoms with van der Waals surface area (Å²) in [5.74, 6) is 2.16. The van der Waals surface area contributed by atoms with E-state index in [2.05, 4.69) is 123 Å². The molecule has 0 aliphatic heterocycles. The number of pyridine rings is 3. The minimum atomic E-state index is 0.331. The molecule has 6 nitrogen and oxygen atoms in total. The number of hydrogen-bond acceptors (Lipinski definition) is 6. The molecule has 0 saturated heterocycles. The maximum atomic E-state index is 5.17. The van der Waals surface area contributed by atoms with E-state index < -0.39 is 0 Å². The van der Waals surface area contributed by atoms with Gasteiger partial charge in [0.1, 0.15) is 0 Å². The van der Waals surface area contributed by atoms with Crippen LogP contribution in [0.25, 0.3) is 89.3 Å². The Balaban J connectivity index is 1.12. The average Bonchev–Trinajstić information content (AvgIpc) is 3.20. The predicted molar refractivity (Wildman–Crippen MR) is 212 cm³/mol. The molecule has 0 aliphatic rings. The zero-order chi connectivity index (χ0) is 35.2. The van der Waals surface area contributed by atoms with Crippen molar-refractivity contribution in [3.05, 3.63) is 157 Å². The van der Waals surface area contributed by atoms with Crippen LogP contribution in [0.4, 0.5) is 0 Å². The second kappa shape index (κ2) is 12.9. The van der Waals surface area contributed by atoms with Gasteiger partial charge in [0.15, 0.2) is 17.5 Å². The van der Waals surface area contributed by atoms with Crippen molar-refractivity contribution in [2.45, 2.75) is 26.7 Å². The molecule has 0 N–H and O–H groups in total. The van der Waals surface area contributed by atoms with Crippen molar-refractivity contribution in [3.63, 3.8) is 0 Å². The molecule has 0 unspecified atom stereocenters. The van der Waals surface area contributed by atoms with Crippen LogP contribution in [0.3, 0.4) is 0 Å². The molecule has 4 heterocycles. The molecule has 6 heteroatoms. The Bertz CT molecular complexity index is 2770. The van der Waals surface area contributed by atoms with Gasteiger partial charge in [-0.1, -0.05) is 129 Å². The molecule has 0 atom stereocenters. The summed E-state index contributed by atoms with van der Waals surface area (Å²) in [6.45, 7) is 6.51. The molecule has 0 amide bonds. The van der Waals surface area contributed by atoms with Crippen molar-refractivity contribution in [2.24, 2.45) is 0 Å². The van der Waals surface area contributed by atoms with Crippen LogP contribution in [0.15, 0.2) is 146 Å². The molecule has 248 valence electrons. The molecule has 9 aromatic rings.